The van der Waals surface area contributed by atoms with E-state index in [1.165, 1.54) is 6.08 Å². The van der Waals surface area contributed by atoms with Crippen LogP contribution in [0.5, 0.6) is 0 Å². The molecule has 1 amide bonds. The molecule has 3 nitrogen and oxygen atoms in total. The molecule has 1 aliphatic heterocycles. The maximum Gasteiger partial charge on any atom is 0.246 e. The number of likely N-dealkylation sites (tertiary alicyclic amines) is 1. The number of hydrogen-bond donors (Lipinski definition) is 1. The first-order valence-corrected chi connectivity index (χ1v) is 4.28. The van der Waals surface area contributed by atoms with Gasteiger partial charge in [0.2, 0.25) is 5.91 Å². The lowest BCUT2D eigenvalue weighted by atomic mass is 9.90. The number of hydrogen-bond acceptors (Lipinski definition) is 2. The van der Waals surface area contributed by atoms with E-state index in [4.69, 9.17) is 0 Å². The van der Waals surface area contributed by atoms with Crippen molar-refractivity contribution >= 4 is 5.91 Å². The largest absolute Gasteiger partial charge is 0.334 e. The SMILES string of the molecule is C=CC(=O)N1CC(C)C1CNC. The maximum absolute atomic E-state index is 11.2. The van der Waals surface area contributed by atoms with Crippen LogP contribution in [-0.4, -0.2) is 37.0 Å². The topological polar surface area (TPSA) is 32.3 Å². The van der Waals surface area contributed by atoms with Gasteiger partial charge in [0.1, 0.15) is 0 Å². The Morgan fingerprint density at radius 1 is 1.83 bits per heavy atom. The zero-order valence-corrected chi connectivity index (χ0v) is 7.71. The van der Waals surface area contributed by atoms with Gasteiger partial charge in [0, 0.05) is 19.1 Å². The molecular formula is C9H16N2O. The van der Waals surface area contributed by atoms with Gasteiger partial charge in [-0.2, -0.15) is 0 Å². The second-order valence-corrected chi connectivity index (χ2v) is 3.30. The Morgan fingerprint density at radius 2 is 2.50 bits per heavy atom. The molecule has 1 N–H and O–H groups in total. The van der Waals surface area contributed by atoms with Gasteiger partial charge in [-0.1, -0.05) is 13.5 Å². The molecule has 1 rings (SSSR count). The van der Waals surface area contributed by atoms with Crippen molar-refractivity contribution in [2.75, 3.05) is 20.1 Å². The molecule has 1 aliphatic rings. The average Bonchev–Trinajstić information content (AvgIpc) is 2.09. The number of nitrogens with one attached hydrogen (secondary N) is 1. The quantitative estimate of drug-likeness (QED) is 0.612. The van der Waals surface area contributed by atoms with Crippen LogP contribution in [0.2, 0.25) is 0 Å². The Morgan fingerprint density at radius 3 is 2.92 bits per heavy atom. The second kappa shape index (κ2) is 3.72. The van der Waals surface area contributed by atoms with Gasteiger partial charge in [-0.15, -0.1) is 0 Å². The highest BCUT2D eigenvalue weighted by molar-refractivity contribution is 5.88. The molecule has 0 spiro atoms. The summed E-state index contributed by atoms with van der Waals surface area (Å²) < 4.78 is 0. The molecule has 2 unspecified atom stereocenters. The molecule has 3 heteroatoms. The predicted octanol–water partition coefficient (Wildman–Crippen LogP) is 0.239. The monoisotopic (exact) mass is 168 g/mol. The van der Waals surface area contributed by atoms with Crippen LogP contribution in [0.25, 0.3) is 0 Å². The Kier molecular flexibility index (Phi) is 2.87. The minimum Gasteiger partial charge on any atom is -0.334 e. The number of carbonyl (C=O) groups is 1. The lowest BCUT2D eigenvalue weighted by Crippen LogP contribution is -2.60. The molecule has 1 heterocycles. The number of carbonyl (C=O) groups excluding carboxylic acids is 1. The second-order valence-electron chi connectivity index (χ2n) is 3.30. The van der Waals surface area contributed by atoms with Gasteiger partial charge >= 0.3 is 0 Å². The average molecular weight is 168 g/mol. The molecule has 1 saturated heterocycles. The van der Waals surface area contributed by atoms with E-state index in [0.717, 1.165) is 13.1 Å². The fourth-order valence-electron chi connectivity index (χ4n) is 1.63. The third-order valence-corrected chi connectivity index (χ3v) is 2.41. The van der Waals surface area contributed by atoms with Gasteiger partial charge in [-0.25, -0.2) is 0 Å². The Balaban J connectivity index is 2.47. The van der Waals surface area contributed by atoms with E-state index in [9.17, 15) is 4.79 Å². The summed E-state index contributed by atoms with van der Waals surface area (Å²) in [6, 6.07) is 0.362. The number of likely N-dealkylation sites (N-methyl/N-ethyl adjacent to an activating group) is 1. The summed E-state index contributed by atoms with van der Waals surface area (Å²) in [6.45, 7) is 7.38. The van der Waals surface area contributed by atoms with E-state index in [-0.39, 0.29) is 5.91 Å². The van der Waals surface area contributed by atoms with Crippen LogP contribution >= 0.6 is 0 Å². The van der Waals surface area contributed by atoms with E-state index in [1.807, 2.05) is 11.9 Å². The molecule has 12 heavy (non-hydrogen) atoms. The highest BCUT2D eigenvalue weighted by Crippen LogP contribution is 2.23. The first-order valence-electron chi connectivity index (χ1n) is 4.28. The molecule has 0 saturated carbocycles. The van der Waals surface area contributed by atoms with Gasteiger partial charge in [-0.3, -0.25) is 4.79 Å². The van der Waals surface area contributed by atoms with Gasteiger partial charge < -0.3 is 10.2 Å². The molecule has 0 aromatic rings. The summed E-state index contributed by atoms with van der Waals surface area (Å²) in [5.74, 6) is 0.662. The highest BCUT2D eigenvalue weighted by atomic mass is 16.2. The van der Waals surface area contributed by atoms with Crippen LogP contribution in [0.3, 0.4) is 0 Å². The summed E-state index contributed by atoms with van der Waals surface area (Å²) >= 11 is 0. The van der Waals surface area contributed by atoms with Crippen molar-refractivity contribution in [3.8, 4) is 0 Å². The van der Waals surface area contributed by atoms with E-state index in [2.05, 4.69) is 18.8 Å². The summed E-state index contributed by atoms with van der Waals surface area (Å²) in [4.78, 5) is 13.1. The van der Waals surface area contributed by atoms with Crippen molar-refractivity contribution in [3.63, 3.8) is 0 Å². The van der Waals surface area contributed by atoms with Crippen LogP contribution in [0, 0.1) is 5.92 Å². The van der Waals surface area contributed by atoms with Crippen LogP contribution in [0.15, 0.2) is 12.7 Å². The number of nitrogens with zero attached hydrogens (tertiary/aromatic N) is 1. The van der Waals surface area contributed by atoms with Gasteiger partial charge in [-0.05, 0) is 19.0 Å². The number of amides is 1. The van der Waals surface area contributed by atoms with Crippen LogP contribution in [0.4, 0.5) is 0 Å². The minimum atomic E-state index is 0.0494. The molecule has 0 aliphatic carbocycles. The summed E-state index contributed by atoms with van der Waals surface area (Å²) in [5, 5.41) is 3.08. The fraction of sp³-hybridized carbons (Fsp3) is 0.667. The third-order valence-electron chi connectivity index (χ3n) is 2.41. The summed E-state index contributed by atoms with van der Waals surface area (Å²) in [7, 11) is 1.90. The lowest BCUT2D eigenvalue weighted by Gasteiger charge is -2.46. The Bertz CT molecular complexity index is 191. The van der Waals surface area contributed by atoms with Crippen molar-refractivity contribution in [3.05, 3.63) is 12.7 Å². The predicted molar refractivity (Wildman–Crippen MR) is 48.8 cm³/mol. The Hall–Kier alpha value is -0.830. The number of rotatable bonds is 3. The molecule has 0 aromatic carbocycles. The van der Waals surface area contributed by atoms with E-state index in [1.54, 1.807) is 0 Å². The molecular weight excluding hydrogens is 152 g/mol. The van der Waals surface area contributed by atoms with Crippen molar-refractivity contribution in [2.45, 2.75) is 13.0 Å². The van der Waals surface area contributed by atoms with E-state index in [0.29, 0.717) is 12.0 Å². The van der Waals surface area contributed by atoms with Crippen molar-refractivity contribution in [1.82, 2.24) is 10.2 Å². The Labute approximate surface area is 73.4 Å². The molecule has 68 valence electrons. The van der Waals surface area contributed by atoms with Crippen molar-refractivity contribution in [2.24, 2.45) is 5.92 Å². The maximum atomic E-state index is 11.2. The first kappa shape index (κ1) is 9.26. The normalized spacial score (nSPS) is 28.0. The zero-order valence-electron chi connectivity index (χ0n) is 7.71. The molecule has 2 atom stereocenters. The lowest BCUT2D eigenvalue weighted by molar-refractivity contribution is -0.137. The standard InChI is InChI=1S/C9H16N2O/c1-4-9(12)11-6-7(2)8(11)5-10-3/h4,7-8,10H,1,5-6H2,2-3H3. The van der Waals surface area contributed by atoms with Gasteiger partial charge in [0.05, 0.1) is 0 Å². The van der Waals surface area contributed by atoms with Gasteiger partial charge in [0.25, 0.3) is 0 Å². The third kappa shape index (κ3) is 1.50. The summed E-state index contributed by atoms with van der Waals surface area (Å²) in [5.41, 5.74) is 0. The van der Waals surface area contributed by atoms with Gasteiger partial charge in [0.15, 0.2) is 0 Å². The molecule has 0 aromatic heterocycles. The first-order chi connectivity index (χ1) is 5.70. The minimum absolute atomic E-state index is 0.0494. The molecule has 0 bridgehead atoms. The van der Waals surface area contributed by atoms with Crippen LogP contribution in [0.1, 0.15) is 6.92 Å². The fourth-order valence-corrected chi connectivity index (χ4v) is 1.63. The molecule has 1 fully saturated rings. The highest BCUT2D eigenvalue weighted by Gasteiger charge is 2.36. The molecule has 0 radical (unpaired) electrons. The zero-order chi connectivity index (χ0) is 9.14. The summed E-state index contributed by atoms with van der Waals surface area (Å²) in [6.07, 6.45) is 1.38. The van der Waals surface area contributed by atoms with Crippen LogP contribution < -0.4 is 5.32 Å². The van der Waals surface area contributed by atoms with E-state index < -0.39 is 0 Å². The van der Waals surface area contributed by atoms with E-state index >= 15 is 0 Å². The van der Waals surface area contributed by atoms with Crippen LogP contribution in [-0.2, 0) is 4.79 Å². The van der Waals surface area contributed by atoms with Crippen molar-refractivity contribution < 1.29 is 4.79 Å². The smallest absolute Gasteiger partial charge is 0.246 e. The van der Waals surface area contributed by atoms with Crippen molar-refractivity contribution in [1.29, 1.82) is 0 Å².